The van der Waals surface area contributed by atoms with Gasteiger partial charge in [0, 0.05) is 110 Å². The molecular formula is C39H18S3. The first-order valence-electron chi connectivity index (χ1n) is 14.7. The highest BCUT2D eigenvalue weighted by molar-refractivity contribution is 7.23. The Hall–Kier alpha value is -4.02. The quantitative estimate of drug-likeness (QED) is 0.123. The van der Waals surface area contributed by atoms with Gasteiger partial charge in [0.2, 0.25) is 0 Å². The van der Waals surface area contributed by atoms with Crippen LogP contribution in [0, 0.1) is 20.8 Å². The average molecular weight is 583 g/mol. The third kappa shape index (κ3) is 1.76. The van der Waals surface area contributed by atoms with Crippen molar-refractivity contribution >= 4 is 161 Å². The molecule has 0 radical (unpaired) electrons. The van der Waals surface area contributed by atoms with E-state index in [1.54, 1.807) is 0 Å². The maximum Gasteiger partial charge on any atom is 0.0437 e. The number of hydrogen-bond donors (Lipinski definition) is 0. The maximum absolute atomic E-state index is 2.41. The predicted molar refractivity (Wildman–Crippen MR) is 191 cm³/mol. The smallest absolute Gasteiger partial charge is 0.0437 e. The van der Waals surface area contributed by atoms with Crippen molar-refractivity contribution in [3.63, 3.8) is 0 Å². The Labute approximate surface area is 250 Å². The van der Waals surface area contributed by atoms with Crippen molar-refractivity contribution in [1.29, 1.82) is 0 Å². The first-order chi connectivity index (χ1) is 20.6. The van der Waals surface area contributed by atoms with Crippen LogP contribution in [0.1, 0.15) is 14.6 Å². The molecule has 0 nitrogen and oxygen atoms in total. The van der Waals surface area contributed by atoms with Crippen molar-refractivity contribution < 1.29 is 0 Å². The molecule has 3 heterocycles. The van der Waals surface area contributed by atoms with Crippen LogP contribution in [0.5, 0.6) is 0 Å². The second-order valence-corrected chi connectivity index (χ2v) is 16.3. The van der Waals surface area contributed by atoms with E-state index in [-0.39, 0.29) is 0 Å². The van der Waals surface area contributed by atoms with E-state index in [0.29, 0.717) is 0 Å². The zero-order valence-corrected chi connectivity index (χ0v) is 25.4. The Morgan fingerprint density at radius 1 is 0.286 bits per heavy atom. The summed E-state index contributed by atoms with van der Waals surface area (Å²) >= 11 is 6.05. The van der Waals surface area contributed by atoms with Crippen molar-refractivity contribution in [1.82, 2.24) is 0 Å². The topological polar surface area (TPSA) is 0 Å². The number of hydrogen-bond acceptors (Lipinski definition) is 3. The van der Waals surface area contributed by atoms with Crippen LogP contribution in [0.3, 0.4) is 0 Å². The highest BCUT2D eigenvalue weighted by Gasteiger charge is 2.33. The Kier molecular flexibility index (Phi) is 2.99. The van der Waals surface area contributed by atoms with E-state index in [0.717, 1.165) is 0 Å². The summed E-state index contributed by atoms with van der Waals surface area (Å²) in [6.07, 6.45) is 0. The number of rotatable bonds is 0. The minimum Gasteiger partial charge on any atom is -0.139 e. The van der Waals surface area contributed by atoms with Gasteiger partial charge in [0.1, 0.15) is 0 Å². The SMILES string of the molecule is Cc1sc2c3cccc4c5c(C)sc6c7cccc8c9c(C)sc%10c%11cccc%12c1c2c1c(c34)c(c65)c(c78)c(c%109)c1c%11%12. The molecular weight excluding hydrogens is 565 g/mol. The van der Waals surface area contributed by atoms with E-state index in [1.165, 1.54) is 142 Å². The van der Waals surface area contributed by atoms with E-state index in [1.807, 2.05) is 34.0 Å². The van der Waals surface area contributed by atoms with E-state index in [2.05, 4.69) is 75.4 Å². The molecule has 3 aromatic heterocycles. The molecule has 0 unspecified atom stereocenters. The summed E-state index contributed by atoms with van der Waals surface area (Å²) in [5.41, 5.74) is 0. The number of fused-ring (bicyclic) bond motifs is 6. The molecule has 192 valence electrons. The highest BCUT2D eigenvalue weighted by atomic mass is 32.1. The summed E-state index contributed by atoms with van der Waals surface area (Å²) in [4.78, 5) is 4.34. The fraction of sp³-hybridized carbons (Fsp3) is 0.0769. The molecule has 13 rings (SSSR count). The Morgan fingerprint density at radius 3 is 0.857 bits per heavy atom. The molecule has 0 spiro atoms. The third-order valence-electron chi connectivity index (χ3n) is 11.0. The van der Waals surface area contributed by atoms with Crippen LogP contribution in [0.4, 0.5) is 0 Å². The third-order valence-corrected chi connectivity index (χ3v) is 14.4. The summed E-state index contributed by atoms with van der Waals surface area (Å²) in [6.45, 7) is 7.07. The second-order valence-electron chi connectivity index (χ2n) is 12.6. The van der Waals surface area contributed by atoms with E-state index < -0.39 is 0 Å². The van der Waals surface area contributed by atoms with Gasteiger partial charge in [0.25, 0.3) is 0 Å². The van der Waals surface area contributed by atoms with Crippen molar-refractivity contribution in [2.24, 2.45) is 0 Å². The van der Waals surface area contributed by atoms with Gasteiger partial charge in [-0.2, -0.15) is 0 Å². The molecule has 42 heavy (non-hydrogen) atoms. The minimum atomic E-state index is 1.44. The Bertz CT molecular complexity index is 2920. The monoisotopic (exact) mass is 582 g/mol. The fourth-order valence-corrected chi connectivity index (χ4v) is 13.4. The van der Waals surface area contributed by atoms with Crippen LogP contribution in [0.2, 0.25) is 0 Å². The second kappa shape index (κ2) is 6.05. The highest BCUT2D eigenvalue weighted by Crippen LogP contribution is 2.63. The first kappa shape index (κ1) is 20.8. The van der Waals surface area contributed by atoms with E-state index >= 15 is 0 Å². The van der Waals surface area contributed by atoms with E-state index in [9.17, 15) is 0 Å². The standard InChI is InChI=1S/C39H18S3/c1-13-22-16-7-4-11-20-25(16)28-31-29-26-17(8-5-10-19(26)37(40-13)34(22)31)23-14(2)42-39-21-12-6-9-18-24-15(3)41-38(20)35(24)32(28)30(27(18)21)33(29)36(23)39/h4-12H,1-3H3. The van der Waals surface area contributed by atoms with Crippen LogP contribution in [-0.4, -0.2) is 0 Å². The van der Waals surface area contributed by atoms with Crippen molar-refractivity contribution in [3.8, 4) is 0 Å². The van der Waals surface area contributed by atoms with Gasteiger partial charge in [-0.15, -0.1) is 34.0 Å². The molecule has 13 aromatic rings. The van der Waals surface area contributed by atoms with Gasteiger partial charge in [-0.1, -0.05) is 54.6 Å². The number of aryl methyl sites for hydroxylation is 3. The van der Waals surface area contributed by atoms with Gasteiger partial charge >= 0.3 is 0 Å². The summed E-state index contributed by atoms with van der Waals surface area (Å²) in [5, 5.41) is 31.2. The molecule has 0 aliphatic carbocycles. The molecule has 0 atom stereocenters. The van der Waals surface area contributed by atoms with Gasteiger partial charge in [0.15, 0.2) is 0 Å². The molecule has 0 amide bonds. The fourth-order valence-electron chi connectivity index (χ4n) is 9.80. The van der Waals surface area contributed by atoms with Gasteiger partial charge < -0.3 is 0 Å². The van der Waals surface area contributed by atoms with Gasteiger partial charge in [0.05, 0.1) is 0 Å². The van der Waals surface area contributed by atoms with Crippen LogP contribution >= 0.6 is 34.0 Å². The molecule has 0 aliphatic heterocycles. The maximum atomic E-state index is 2.41. The van der Waals surface area contributed by atoms with Crippen LogP contribution in [0.25, 0.3) is 127 Å². The molecule has 0 fully saturated rings. The minimum absolute atomic E-state index is 1.44. The molecule has 0 saturated heterocycles. The Morgan fingerprint density at radius 2 is 0.548 bits per heavy atom. The molecule has 0 aliphatic rings. The van der Waals surface area contributed by atoms with Crippen LogP contribution in [-0.2, 0) is 0 Å². The number of thiophene rings is 3. The zero-order chi connectivity index (χ0) is 27.1. The summed E-state index contributed by atoms with van der Waals surface area (Å²) in [7, 11) is 0. The zero-order valence-electron chi connectivity index (χ0n) is 22.9. The van der Waals surface area contributed by atoms with Crippen molar-refractivity contribution in [3.05, 3.63) is 69.2 Å². The lowest BCUT2D eigenvalue weighted by Gasteiger charge is -2.26. The van der Waals surface area contributed by atoms with Gasteiger partial charge in [-0.25, -0.2) is 0 Å². The van der Waals surface area contributed by atoms with E-state index in [4.69, 9.17) is 0 Å². The predicted octanol–water partition coefficient (Wildman–Crippen LogP) is 13.3. The lowest BCUT2D eigenvalue weighted by molar-refractivity contribution is 1.70. The summed E-state index contributed by atoms with van der Waals surface area (Å²) in [6, 6.07) is 21.4. The number of benzene rings is 10. The lowest BCUT2D eigenvalue weighted by atomic mass is 9.76. The average Bonchev–Trinajstić information content (AvgIpc) is 3.66. The molecule has 0 bridgehead atoms. The molecule has 10 aromatic carbocycles. The van der Waals surface area contributed by atoms with Crippen LogP contribution < -0.4 is 0 Å². The van der Waals surface area contributed by atoms with Crippen molar-refractivity contribution in [2.75, 3.05) is 0 Å². The normalized spacial score (nSPS) is 14.1. The van der Waals surface area contributed by atoms with Gasteiger partial charge in [-0.05, 0) is 53.1 Å². The van der Waals surface area contributed by atoms with Gasteiger partial charge in [-0.3, -0.25) is 0 Å². The summed E-state index contributed by atoms with van der Waals surface area (Å²) in [5.74, 6) is 0. The first-order valence-corrected chi connectivity index (χ1v) is 17.2. The largest absolute Gasteiger partial charge is 0.139 e. The Balaban J connectivity index is 1.64. The lowest BCUT2D eigenvalue weighted by Crippen LogP contribution is -1.97. The molecule has 0 N–H and O–H groups in total. The summed E-state index contributed by atoms with van der Waals surface area (Å²) < 4.78 is 4.43. The molecule has 0 saturated carbocycles. The van der Waals surface area contributed by atoms with Crippen molar-refractivity contribution in [2.45, 2.75) is 20.8 Å². The molecule has 3 heteroatoms. The van der Waals surface area contributed by atoms with Crippen LogP contribution in [0.15, 0.2) is 54.6 Å².